The minimum absolute atomic E-state index is 0.653. The van der Waals surface area contributed by atoms with Crippen molar-refractivity contribution in [3.05, 3.63) is 24.3 Å². The first-order chi connectivity index (χ1) is 8.40. The quantitative estimate of drug-likeness (QED) is 0.844. The molecule has 0 unspecified atom stereocenters. The van der Waals surface area contributed by atoms with Gasteiger partial charge in [0.15, 0.2) is 0 Å². The van der Waals surface area contributed by atoms with E-state index >= 15 is 0 Å². The smallest absolute Gasteiger partial charge is 0.142 e. The Kier molecular flexibility index (Phi) is 2.93. The summed E-state index contributed by atoms with van der Waals surface area (Å²) in [5, 5.41) is 3.64. The summed E-state index contributed by atoms with van der Waals surface area (Å²) < 4.78 is 5.48. The van der Waals surface area contributed by atoms with Gasteiger partial charge in [0.05, 0.1) is 12.8 Å². The first-order valence-corrected chi connectivity index (χ1v) is 6.53. The number of benzene rings is 1. The van der Waals surface area contributed by atoms with E-state index in [2.05, 4.69) is 28.4 Å². The maximum absolute atomic E-state index is 5.48. The van der Waals surface area contributed by atoms with Crippen LogP contribution in [-0.2, 0) is 0 Å². The van der Waals surface area contributed by atoms with Gasteiger partial charge in [0.1, 0.15) is 5.75 Å². The SMILES string of the molecule is COc1ccccc1N1CCN[C@H]2CCC[C@H]21. The summed E-state index contributed by atoms with van der Waals surface area (Å²) in [7, 11) is 1.76. The van der Waals surface area contributed by atoms with E-state index < -0.39 is 0 Å². The van der Waals surface area contributed by atoms with Gasteiger partial charge < -0.3 is 15.0 Å². The van der Waals surface area contributed by atoms with Crippen LogP contribution in [-0.4, -0.2) is 32.3 Å². The van der Waals surface area contributed by atoms with Gasteiger partial charge in [-0.05, 0) is 31.4 Å². The number of piperazine rings is 1. The second-order valence-corrected chi connectivity index (χ2v) is 4.92. The van der Waals surface area contributed by atoms with Gasteiger partial charge in [0, 0.05) is 25.2 Å². The minimum atomic E-state index is 0.653. The fraction of sp³-hybridized carbons (Fsp3) is 0.571. The van der Waals surface area contributed by atoms with E-state index in [4.69, 9.17) is 4.74 Å². The summed E-state index contributed by atoms with van der Waals surface area (Å²) in [5.74, 6) is 1.00. The lowest BCUT2D eigenvalue weighted by atomic mass is 10.1. The average molecular weight is 232 g/mol. The van der Waals surface area contributed by atoms with E-state index in [0.717, 1.165) is 18.8 Å². The van der Waals surface area contributed by atoms with Crippen molar-refractivity contribution >= 4 is 5.69 Å². The maximum Gasteiger partial charge on any atom is 0.142 e. The predicted molar refractivity (Wildman–Crippen MR) is 69.8 cm³/mol. The van der Waals surface area contributed by atoms with Crippen molar-refractivity contribution in [1.29, 1.82) is 0 Å². The van der Waals surface area contributed by atoms with Crippen molar-refractivity contribution in [2.75, 3.05) is 25.1 Å². The predicted octanol–water partition coefficient (Wildman–Crippen LogP) is 2.03. The van der Waals surface area contributed by atoms with E-state index in [1.165, 1.54) is 24.9 Å². The van der Waals surface area contributed by atoms with E-state index in [-0.39, 0.29) is 0 Å². The zero-order chi connectivity index (χ0) is 11.7. The van der Waals surface area contributed by atoms with Gasteiger partial charge in [-0.25, -0.2) is 0 Å². The largest absolute Gasteiger partial charge is 0.495 e. The Morgan fingerprint density at radius 1 is 1.29 bits per heavy atom. The number of hydrogen-bond acceptors (Lipinski definition) is 3. The molecular weight excluding hydrogens is 212 g/mol. The molecule has 3 rings (SSSR count). The van der Waals surface area contributed by atoms with E-state index in [1.807, 2.05) is 6.07 Å². The molecule has 0 spiro atoms. The van der Waals surface area contributed by atoms with Crippen LogP contribution in [0.25, 0.3) is 0 Å². The summed E-state index contributed by atoms with van der Waals surface area (Å²) >= 11 is 0. The number of para-hydroxylation sites is 2. The van der Waals surface area contributed by atoms with Crippen LogP contribution in [0.4, 0.5) is 5.69 Å². The summed E-state index contributed by atoms with van der Waals surface area (Å²) in [6.07, 6.45) is 3.96. The molecular formula is C14H20N2O. The number of anilines is 1. The Bertz CT molecular complexity index is 394. The van der Waals surface area contributed by atoms with Crippen LogP contribution in [0.5, 0.6) is 5.75 Å². The fourth-order valence-electron chi connectivity index (χ4n) is 3.25. The van der Waals surface area contributed by atoms with Crippen molar-refractivity contribution in [2.45, 2.75) is 31.3 Å². The molecule has 3 nitrogen and oxygen atoms in total. The standard InChI is InChI=1S/C14H20N2O/c1-17-14-8-3-2-6-13(14)16-10-9-15-11-5-4-7-12(11)16/h2-3,6,8,11-12,15H,4-5,7,9-10H2,1H3/t11-,12+/m0/s1. The number of ether oxygens (including phenoxy) is 1. The highest BCUT2D eigenvalue weighted by atomic mass is 16.5. The first-order valence-electron chi connectivity index (χ1n) is 6.53. The lowest BCUT2D eigenvalue weighted by Gasteiger charge is -2.40. The third kappa shape index (κ3) is 1.89. The van der Waals surface area contributed by atoms with Crippen LogP contribution in [0.3, 0.4) is 0 Å². The summed E-state index contributed by atoms with van der Waals surface area (Å²) in [6.45, 7) is 2.17. The van der Waals surface area contributed by atoms with Crippen LogP contribution in [0.1, 0.15) is 19.3 Å². The molecule has 2 aliphatic rings. The van der Waals surface area contributed by atoms with Crippen molar-refractivity contribution in [3.8, 4) is 5.75 Å². The van der Waals surface area contributed by atoms with Gasteiger partial charge in [-0.2, -0.15) is 0 Å². The van der Waals surface area contributed by atoms with Gasteiger partial charge >= 0.3 is 0 Å². The van der Waals surface area contributed by atoms with Gasteiger partial charge in [0.25, 0.3) is 0 Å². The van der Waals surface area contributed by atoms with E-state index in [0.29, 0.717) is 12.1 Å². The molecule has 1 heterocycles. The van der Waals surface area contributed by atoms with E-state index in [9.17, 15) is 0 Å². The Balaban J connectivity index is 1.91. The maximum atomic E-state index is 5.48. The topological polar surface area (TPSA) is 24.5 Å². The molecule has 17 heavy (non-hydrogen) atoms. The number of nitrogens with one attached hydrogen (secondary N) is 1. The number of fused-ring (bicyclic) bond motifs is 1. The van der Waals surface area contributed by atoms with Gasteiger partial charge in [0.2, 0.25) is 0 Å². The molecule has 1 N–H and O–H groups in total. The average Bonchev–Trinajstić information content (AvgIpc) is 2.86. The molecule has 0 bridgehead atoms. The van der Waals surface area contributed by atoms with Crippen molar-refractivity contribution < 1.29 is 4.74 Å². The monoisotopic (exact) mass is 232 g/mol. The highest BCUT2D eigenvalue weighted by molar-refractivity contribution is 5.59. The highest BCUT2D eigenvalue weighted by Crippen LogP contribution is 2.35. The Morgan fingerprint density at radius 2 is 2.18 bits per heavy atom. The molecule has 1 saturated heterocycles. The summed E-state index contributed by atoms with van der Waals surface area (Å²) in [5.41, 5.74) is 1.26. The number of hydrogen-bond donors (Lipinski definition) is 1. The third-order valence-electron chi connectivity index (χ3n) is 4.03. The van der Waals surface area contributed by atoms with Crippen molar-refractivity contribution in [2.24, 2.45) is 0 Å². The van der Waals surface area contributed by atoms with Gasteiger partial charge in [-0.3, -0.25) is 0 Å². The van der Waals surface area contributed by atoms with Gasteiger partial charge in [-0.15, -0.1) is 0 Å². The lowest BCUT2D eigenvalue weighted by Crippen LogP contribution is -2.55. The molecule has 0 aromatic heterocycles. The van der Waals surface area contributed by atoms with Crippen LogP contribution in [0, 0.1) is 0 Å². The van der Waals surface area contributed by atoms with E-state index in [1.54, 1.807) is 7.11 Å². The normalized spacial score (nSPS) is 27.9. The molecule has 1 aliphatic heterocycles. The number of methoxy groups -OCH3 is 1. The third-order valence-corrected chi connectivity index (χ3v) is 4.03. The molecule has 3 heteroatoms. The van der Waals surface area contributed by atoms with Crippen LogP contribution in [0.2, 0.25) is 0 Å². The lowest BCUT2D eigenvalue weighted by molar-refractivity contribution is 0.386. The van der Waals surface area contributed by atoms with Crippen LogP contribution < -0.4 is 15.0 Å². The molecule has 1 aromatic carbocycles. The molecule has 92 valence electrons. The molecule has 2 fully saturated rings. The van der Waals surface area contributed by atoms with Crippen LogP contribution >= 0.6 is 0 Å². The zero-order valence-corrected chi connectivity index (χ0v) is 10.4. The molecule has 2 atom stereocenters. The molecule has 0 radical (unpaired) electrons. The minimum Gasteiger partial charge on any atom is -0.495 e. The fourth-order valence-corrected chi connectivity index (χ4v) is 3.25. The molecule has 1 saturated carbocycles. The first kappa shape index (κ1) is 10.9. The zero-order valence-electron chi connectivity index (χ0n) is 10.4. The summed E-state index contributed by atoms with van der Waals surface area (Å²) in [4.78, 5) is 2.53. The van der Waals surface area contributed by atoms with Gasteiger partial charge in [-0.1, -0.05) is 12.1 Å². The van der Waals surface area contributed by atoms with Crippen LogP contribution in [0.15, 0.2) is 24.3 Å². The molecule has 0 amide bonds. The Labute approximate surface area is 103 Å². The number of rotatable bonds is 2. The second kappa shape index (κ2) is 4.57. The van der Waals surface area contributed by atoms with Crippen molar-refractivity contribution in [1.82, 2.24) is 5.32 Å². The second-order valence-electron chi connectivity index (χ2n) is 4.92. The highest BCUT2D eigenvalue weighted by Gasteiger charge is 2.35. The molecule has 1 aliphatic carbocycles. The number of nitrogens with zero attached hydrogens (tertiary/aromatic N) is 1. The Hall–Kier alpha value is -1.22. The molecule has 1 aromatic rings. The van der Waals surface area contributed by atoms with Crippen molar-refractivity contribution in [3.63, 3.8) is 0 Å². The summed E-state index contributed by atoms with van der Waals surface area (Å²) in [6, 6.07) is 9.70. The Morgan fingerprint density at radius 3 is 3.06 bits per heavy atom.